The van der Waals surface area contributed by atoms with E-state index in [-0.39, 0.29) is 17.2 Å². The van der Waals surface area contributed by atoms with Crippen LogP contribution in [-0.4, -0.2) is 17.2 Å². The van der Waals surface area contributed by atoms with E-state index in [1.54, 1.807) is 0 Å². The van der Waals surface area contributed by atoms with E-state index in [0.29, 0.717) is 0 Å². The lowest BCUT2D eigenvalue weighted by molar-refractivity contribution is -0.117. The van der Waals surface area contributed by atoms with Crippen molar-refractivity contribution in [2.45, 2.75) is 39.5 Å². The number of thioether (sulfide) groups is 1. The van der Waals surface area contributed by atoms with E-state index in [1.165, 1.54) is 40.9 Å². The number of carbonyl (C=O) groups is 1. The van der Waals surface area contributed by atoms with Gasteiger partial charge in [0.15, 0.2) is 5.78 Å². The summed E-state index contributed by atoms with van der Waals surface area (Å²) in [6, 6.07) is 4.05. The van der Waals surface area contributed by atoms with Crippen LogP contribution in [-0.2, 0) is 4.79 Å². The molecule has 1 rings (SSSR count). The molecule has 0 fully saturated rings. The van der Waals surface area contributed by atoms with Gasteiger partial charge in [-0.3, -0.25) is 4.79 Å². The Morgan fingerprint density at radius 1 is 1.30 bits per heavy atom. The van der Waals surface area contributed by atoms with Crippen molar-refractivity contribution in [2.24, 2.45) is 5.92 Å². The van der Waals surface area contributed by atoms with Crippen molar-refractivity contribution in [3.05, 3.63) is 28.3 Å². The van der Waals surface area contributed by atoms with Crippen molar-refractivity contribution in [1.29, 1.82) is 10.7 Å². The average molecular weight is 288 g/mol. The quantitative estimate of drug-likeness (QED) is 0.662. The van der Waals surface area contributed by atoms with Gasteiger partial charge in [-0.25, -0.2) is 0 Å². The van der Waals surface area contributed by atoms with E-state index in [9.17, 15) is 4.79 Å². The topological polar surface area (TPSA) is 64.7 Å². The molecule has 0 unspecified atom stereocenters. The van der Waals surface area contributed by atoms with Gasteiger partial charge in [0.2, 0.25) is 0 Å². The van der Waals surface area contributed by atoms with Gasteiger partial charge in [0.1, 0.15) is 5.92 Å². The van der Waals surface area contributed by atoms with Crippen molar-refractivity contribution in [3.8, 4) is 6.07 Å². The first-order valence-corrected chi connectivity index (χ1v) is 7.45. The molecule has 0 heterocycles. The largest absolute Gasteiger partial charge is 0.308 e. The van der Waals surface area contributed by atoms with Crippen LogP contribution in [0.2, 0.25) is 0 Å². The summed E-state index contributed by atoms with van der Waals surface area (Å²) in [6.45, 7) is 9.74. The minimum atomic E-state index is -0.908. The SMILES string of the molecule is CC(=N)[C@@H](C#N)C(=O)CSc1c(C)c(C)cc(C)c1C. The molecule has 0 aliphatic heterocycles. The molecule has 20 heavy (non-hydrogen) atoms. The smallest absolute Gasteiger partial charge is 0.165 e. The van der Waals surface area contributed by atoms with E-state index in [0.717, 1.165) is 4.90 Å². The number of nitrogens with zero attached hydrogens (tertiary/aromatic N) is 1. The fraction of sp³-hybridized carbons (Fsp3) is 0.438. The van der Waals surface area contributed by atoms with Crippen molar-refractivity contribution in [3.63, 3.8) is 0 Å². The number of aryl methyl sites for hydroxylation is 2. The van der Waals surface area contributed by atoms with Crippen LogP contribution in [0.3, 0.4) is 0 Å². The maximum Gasteiger partial charge on any atom is 0.165 e. The van der Waals surface area contributed by atoms with E-state index in [1.807, 2.05) is 6.07 Å². The normalized spacial score (nSPS) is 11.8. The number of nitriles is 1. The van der Waals surface area contributed by atoms with Gasteiger partial charge in [-0.05, 0) is 56.9 Å². The Kier molecular flexibility index (Phi) is 5.52. The lowest BCUT2D eigenvalue weighted by Crippen LogP contribution is -2.21. The summed E-state index contributed by atoms with van der Waals surface area (Å²) in [5, 5.41) is 16.4. The number of benzene rings is 1. The average Bonchev–Trinajstić information content (AvgIpc) is 2.36. The highest BCUT2D eigenvalue weighted by Gasteiger charge is 2.21. The molecule has 3 nitrogen and oxygen atoms in total. The third-order valence-electron chi connectivity index (χ3n) is 3.54. The first-order chi connectivity index (χ1) is 9.29. The van der Waals surface area contributed by atoms with Gasteiger partial charge in [-0.2, -0.15) is 5.26 Å². The Labute approximate surface area is 124 Å². The number of carbonyl (C=O) groups excluding carboxylic acids is 1. The lowest BCUT2D eigenvalue weighted by atomic mass is 10.0. The number of ketones is 1. The first kappa shape index (κ1) is 16.5. The van der Waals surface area contributed by atoms with E-state index in [2.05, 4.69) is 33.8 Å². The first-order valence-electron chi connectivity index (χ1n) is 6.47. The van der Waals surface area contributed by atoms with E-state index >= 15 is 0 Å². The zero-order valence-corrected chi connectivity index (χ0v) is 13.4. The van der Waals surface area contributed by atoms with Crippen LogP contribution >= 0.6 is 11.8 Å². The van der Waals surface area contributed by atoms with Gasteiger partial charge < -0.3 is 5.41 Å². The van der Waals surface area contributed by atoms with Gasteiger partial charge in [0.25, 0.3) is 0 Å². The molecular formula is C16H20N2OS. The van der Waals surface area contributed by atoms with Gasteiger partial charge >= 0.3 is 0 Å². The molecule has 1 aromatic carbocycles. The Hall–Kier alpha value is -1.60. The third kappa shape index (κ3) is 3.49. The van der Waals surface area contributed by atoms with Crippen LogP contribution < -0.4 is 0 Å². The van der Waals surface area contributed by atoms with Crippen LogP contribution in [0.5, 0.6) is 0 Å². The number of rotatable bonds is 5. The van der Waals surface area contributed by atoms with Crippen LogP contribution in [0.1, 0.15) is 29.2 Å². The maximum absolute atomic E-state index is 12.0. The molecule has 0 saturated heterocycles. The highest BCUT2D eigenvalue weighted by molar-refractivity contribution is 8.00. The molecule has 0 aliphatic carbocycles. The van der Waals surface area contributed by atoms with E-state index in [4.69, 9.17) is 10.7 Å². The molecule has 0 radical (unpaired) electrons. The van der Waals surface area contributed by atoms with Gasteiger partial charge in [0, 0.05) is 10.6 Å². The maximum atomic E-state index is 12.0. The van der Waals surface area contributed by atoms with Crippen molar-refractivity contribution >= 4 is 23.3 Å². The second-order valence-corrected chi connectivity index (χ2v) is 6.08. The number of Topliss-reactive ketones (excluding diaryl/α,β-unsaturated/α-hetero) is 1. The highest BCUT2D eigenvalue weighted by atomic mass is 32.2. The van der Waals surface area contributed by atoms with Crippen LogP contribution in [0.15, 0.2) is 11.0 Å². The molecule has 0 bridgehead atoms. The Morgan fingerprint density at radius 3 is 2.20 bits per heavy atom. The predicted octanol–water partition coefficient (Wildman–Crippen LogP) is 3.76. The minimum Gasteiger partial charge on any atom is -0.308 e. The predicted molar refractivity (Wildman–Crippen MR) is 83.6 cm³/mol. The molecule has 106 valence electrons. The summed E-state index contributed by atoms with van der Waals surface area (Å²) in [4.78, 5) is 13.1. The molecule has 4 heteroatoms. The van der Waals surface area contributed by atoms with Crippen LogP contribution in [0, 0.1) is 50.4 Å². The number of nitrogens with one attached hydrogen (secondary N) is 1. The zero-order chi connectivity index (χ0) is 15.4. The van der Waals surface area contributed by atoms with Crippen LogP contribution in [0.4, 0.5) is 0 Å². The fourth-order valence-corrected chi connectivity index (χ4v) is 3.24. The summed E-state index contributed by atoms with van der Waals surface area (Å²) in [6.07, 6.45) is 0. The van der Waals surface area contributed by atoms with Crippen molar-refractivity contribution < 1.29 is 4.79 Å². The molecule has 1 N–H and O–H groups in total. The summed E-state index contributed by atoms with van der Waals surface area (Å²) < 4.78 is 0. The van der Waals surface area contributed by atoms with Crippen LogP contribution in [0.25, 0.3) is 0 Å². The summed E-state index contributed by atoms with van der Waals surface area (Å²) in [5.41, 5.74) is 4.91. The van der Waals surface area contributed by atoms with E-state index < -0.39 is 5.92 Å². The van der Waals surface area contributed by atoms with Crippen molar-refractivity contribution in [1.82, 2.24) is 0 Å². The molecule has 1 atom stereocenters. The van der Waals surface area contributed by atoms with Gasteiger partial charge in [-0.15, -0.1) is 11.8 Å². The molecule has 0 amide bonds. The number of hydrogen-bond acceptors (Lipinski definition) is 4. The summed E-state index contributed by atoms with van der Waals surface area (Å²) in [7, 11) is 0. The molecular weight excluding hydrogens is 268 g/mol. The Balaban J connectivity index is 2.94. The lowest BCUT2D eigenvalue weighted by Gasteiger charge is -2.15. The second kappa shape index (κ2) is 6.71. The fourth-order valence-electron chi connectivity index (χ4n) is 2.03. The monoisotopic (exact) mass is 288 g/mol. The van der Waals surface area contributed by atoms with Crippen molar-refractivity contribution in [2.75, 3.05) is 5.75 Å². The molecule has 0 saturated carbocycles. The Morgan fingerprint density at radius 2 is 1.80 bits per heavy atom. The van der Waals surface area contributed by atoms with Gasteiger partial charge in [-0.1, -0.05) is 6.07 Å². The molecule has 0 spiro atoms. The third-order valence-corrected chi connectivity index (χ3v) is 4.87. The molecule has 0 aliphatic rings. The Bertz CT molecular complexity index is 573. The second-order valence-electron chi connectivity index (χ2n) is 5.09. The standard InChI is InChI=1S/C16H20N2OS/c1-9-6-10(2)12(4)16(11(9)3)20-8-15(19)14(7-17)13(5)18/h6,14,18H,8H2,1-5H3/t14-/m1/s1. The summed E-state index contributed by atoms with van der Waals surface area (Å²) >= 11 is 1.47. The minimum absolute atomic E-state index is 0.118. The number of hydrogen-bond donors (Lipinski definition) is 1. The molecule has 1 aromatic rings. The van der Waals surface area contributed by atoms with Gasteiger partial charge in [0.05, 0.1) is 11.8 Å². The zero-order valence-electron chi connectivity index (χ0n) is 12.6. The summed E-state index contributed by atoms with van der Waals surface area (Å²) in [5.74, 6) is -0.865. The highest BCUT2D eigenvalue weighted by Crippen LogP contribution is 2.31. The molecule has 0 aromatic heterocycles.